The number of aliphatic hydroxyl groups is 1. The van der Waals surface area contributed by atoms with E-state index in [1.165, 1.54) is 12.1 Å². The Balaban J connectivity index is 1.61. The quantitative estimate of drug-likeness (QED) is 0.536. The maximum atomic E-state index is 13.4. The fraction of sp³-hybridized carbons (Fsp3) is 0.318. The standard InChI is InChI=1S/C22H25FN2O5S/c1-15(16-6-3-2-4-7-16)24-22(27)13-18-10-11-20(21(14-26)30-18)25-31(28,29)19-9-5-8-17(23)12-19/h2-12,15,18,20-21,25-26H,13-14H2,1H3,(H,24,27)/t15-,18+,20+,21-/m1/s1. The molecule has 1 heterocycles. The highest BCUT2D eigenvalue weighted by atomic mass is 32.2. The fourth-order valence-corrected chi connectivity index (χ4v) is 4.55. The summed E-state index contributed by atoms with van der Waals surface area (Å²) < 4.78 is 46.5. The molecule has 1 aliphatic heterocycles. The molecule has 7 nitrogen and oxygen atoms in total. The van der Waals surface area contributed by atoms with Gasteiger partial charge in [-0.3, -0.25) is 4.79 Å². The zero-order valence-corrected chi connectivity index (χ0v) is 17.8. The van der Waals surface area contributed by atoms with Gasteiger partial charge in [0.25, 0.3) is 0 Å². The van der Waals surface area contributed by atoms with E-state index in [0.717, 1.165) is 17.7 Å². The van der Waals surface area contributed by atoms with Gasteiger partial charge in [0, 0.05) is 0 Å². The van der Waals surface area contributed by atoms with Crippen LogP contribution in [-0.4, -0.2) is 44.3 Å². The number of amides is 1. The predicted molar refractivity (Wildman–Crippen MR) is 113 cm³/mol. The molecular formula is C22H25FN2O5S. The summed E-state index contributed by atoms with van der Waals surface area (Å²) in [6, 6.07) is 13.1. The Morgan fingerprint density at radius 3 is 2.58 bits per heavy atom. The molecule has 3 rings (SSSR count). The molecule has 0 spiro atoms. The number of hydrogen-bond donors (Lipinski definition) is 3. The minimum absolute atomic E-state index is 0.0214. The third-order valence-electron chi connectivity index (χ3n) is 4.92. The first-order valence-electron chi connectivity index (χ1n) is 9.85. The first kappa shape index (κ1) is 23.1. The molecule has 0 radical (unpaired) electrons. The average molecular weight is 449 g/mol. The second-order valence-corrected chi connectivity index (χ2v) is 9.00. The maximum Gasteiger partial charge on any atom is 0.241 e. The summed E-state index contributed by atoms with van der Waals surface area (Å²) in [6.07, 6.45) is 1.64. The molecular weight excluding hydrogens is 423 g/mol. The maximum absolute atomic E-state index is 13.4. The Bertz CT molecular complexity index is 1030. The number of carbonyl (C=O) groups is 1. The molecule has 1 amide bonds. The number of ether oxygens (including phenoxy) is 1. The highest BCUT2D eigenvalue weighted by molar-refractivity contribution is 7.89. The SMILES string of the molecule is C[C@@H](NC(=O)C[C@@H]1C=C[C@H](NS(=O)(=O)c2cccc(F)c2)[C@@H](CO)O1)c1ccccc1. The number of aliphatic hydroxyl groups excluding tert-OH is 1. The number of hydrogen-bond acceptors (Lipinski definition) is 5. The lowest BCUT2D eigenvalue weighted by atomic mass is 10.0. The normalized spacial score (nSPS) is 22.1. The summed E-state index contributed by atoms with van der Waals surface area (Å²) in [5.74, 6) is -0.908. The van der Waals surface area contributed by atoms with Gasteiger partial charge < -0.3 is 15.2 Å². The van der Waals surface area contributed by atoms with Gasteiger partial charge in [0.1, 0.15) is 11.9 Å². The van der Waals surface area contributed by atoms with Crippen molar-refractivity contribution in [2.45, 2.75) is 42.5 Å². The van der Waals surface area contributed by atoms with E-state index in [9.17, 15) is 22.7 Å². The van der Waals surface area contributed by atoms with Crippen molar-refractivity contribution in [1.29, 1.82) is 0 Å². The zero-order valence-electron chi connectivity index (χ0n) is 16.9. The van der Waals surface area contributed by atoms with E-state index in [0.29, 0.717) is 0 Å². The highest BCUT2D eigenvalue weighted by Gasteiger charge is 2.31. The second-order valence-electron chi connectivity index (χ2n) is 7.29. The summed E-state index contributed by atoms with van der Waals surface area (Å²) in [4.78, 5) is 12.2. The number of sulfonamides is 1. The molecule has 0 fully saturated rings. The Morgan fingerprint density at radius 2 is 1.90 bits per heavy atom. The third-order valence-corrected chi connectivity index (χ3v) is 6.38. The molecule has 166 valence electrons. The average Bonchev–Trinajstić information content (AvgIpc) is 2.75. The van der Waals surface area contributed by atoms with Crippen LogP contribution in [0.15, 0.2) is 71.6 Å². The summed E-state index contributed by atoms with van der Waals surface area (Å²) in [6.45, 7) is 1.41. The summed E-state index contributed by atoms with van der Waals surface area (Å²) >= 11 is 0. The van der Waals surface area contributed by atoms with Crippen LogP contribution in [0, 0.1) is 5.82 Å². The van der Waals surface area contributed by atoms with Gasteiger partial charge in [0.2, 0.25) is 15.9 Å². The minimum atomic E-state index is -4.02. The lowest BCUT2D eigenvalue weighted by Gasteiger charge is -2.31. The molecule has 0 aromatic heterocycles. The van der Waals surface area contributed by atoms with Crippen LogP contribution in [-0.2, 0) is 19.6 Å². The van der Waals surface area contributed by atoms with Crippen molar-refractivity contribution in [3.05, 3.63) is 78.1 Å². The number of rotatable bonds is 8. The molecule has 31 heavy (non-hydrogen) atoms. The van der Waals surface area contributed by atoms with Crippen molar-refractivity contribution in [1.82, 2.24) is 10.0 Å². The van der Waals surface area contributed by atoms with Gasteiger partial charge in [-0.1, -0.05) is 48.6 Å². The van der Waals surface area contributed by atoms with Crippen LogP contribution in [0.1, 0.15) is 24.9 Å². The molecule has 9 heteroatoms. The molecule has 2 aromatic rings. The lowest BCUT2D eigenvalue weighted by Crippen LogP contribution is -2.49. The summed E-state index contributed by atoms with van der Waals surface area (Å²) in [5, 5.41) is 12.6. The van der Waals surface area contributed by atoms with Gasteiger partial charge in [-0.05, 0) is 30.7 Å². The Morgan fingerprint density at radius 1 is 1.16 bits per heavy atom. The molecule has 0 bridgehead atoms. The van der Waals surface area contributed by atoms with Gasteiger partial charge in [-0.2, -0.15) is 0 Å². The van der Waals surface area contributed by atoms with E-state index in [4.69, 9.17) is 4.74 Å². The van der Waals surface area contributed by atoms with Crippen molar-refractivity contribution in [3.63, 3.8) is 0 Å². The molecule has 4 atom stereocenters. The van der Waals surface area contributed by atoms with E-state index in [1.54, 1.807) is 12.2 Å². The Hall–Kier alpha value is -2.59. The van der Waals surface area contributed by atoms with E-state index >= 15 is 0 Å². The van der Waals surface area contributed by atoms with E-state index in [2.05, 4.69) is 10.0 Å². The summed E-state index contributed by atoms with van der Waals surface area (Å²) in [7, 11) is -4.02. The lowest BCUT2D eigenvalue weighted by molar-refractivity contribution is -0.125. The van der Waals surface area contributed by atoms with Crippen molar-refractivity contribution in [2.24, 2.45) is 0 Å². The van der Waals surface area contributed by atoms with Gasteiger partial charge >= 0.3 is 0 Å². The van der Waals surface area contributed by atoms with Crippen molar-refractivity contribution in [2.75, 3.05) is 6.61 Å². The van der Waals surface area contributed by atoms with Crippen LogP contribution in [0.4, 0.5) is 4.39 Å². The monoisotopic (exact) mass is 448 g/mol. The van der Waals surface area contributed by atoms with Gasteiger partial charge in [-0.15, -0.1) is 0 Å². The van der Waals surface area contributed by atoms with Crippen LogP contribution in [0.25, 0.3) is 0 Å². The summed E-state index contributed by atoms with van der Waals surface area (Å²) in [5.41, 5.74) is 0.969. The Labute approximate surface area is 181 Å². The third kappa shape index (κ3) is 6.20. The molecule has 0 saturated heterocycles. The van der Waals surface area contributed by atoms with Crippen molar-refractivity contribution < 1.29 is 27.4 Å². The van der Waals surface area contributed by atoms with Crippen molar-refractivity contribution >= 4 is 15.9 Å². The topological polar surface area (TPSA) is 105 Å². The van der Waals surface area contributed by atoms with E-state index in [-0.39, 0.29) is 23.3 Å². The molecule has 1 aliphatic rings. The smallest absolute Gasteiger partial charge is 0.241 e. The molecule has 0 saturated carbocycles. The molecule has 3 N–H and O–H groups in total. The first-order valence-corrected chi connectivity index (χ1v) is 11.3. The molecule has 0 aliphatic carbocycles. The van der Waals surface area contributed by atoms with Crippen LogP contribution in [0.2, 0.25) is 0 Å². The van der Waals surface area contributed by atoms with Gasteiger partial charge in [0.05, 0.1) is 36.1 Å². The largest absolute Gasteiger partial charge is 0.394 e. The van der Waals surface area contributed by atoms with E-state index in [1.807, 2.05) is 37.3 Å². The van der Waals surface area contributed by atoms with Crippen LogP contribution >= 0.6 is 0 Å². The minimum Gasteiger partial charge on any atom is -0.394 e. The highest BCUT2D eigenvalue weighted by Crippen LogP contribution is 2.19. The number of halogens is 1. The second kappa shape index (κ2) is 10.1. The number of carbonyl (C=O) groups excluding carboxylic acids is 1. The molecule has 0 unspecified atom stereocenters. The van der Waals surface area contributed by atoms with Gasteiger partial charge in [-0.25, -0.2) is 17.5 Å². The Kier molecular flexibility index (Phi) is 7.55. The molecule has 2 aromatic carbocycles. The predicted octanol–water partition coefficient (Wildman–Crippen LogP) is 2.06. The number of nitrogens with one attached hydrogen (secondary N) is 2. The van der Waals surface area contributed by atoms with E-state index < -0.39 is 40.7 Å². The number of benzene rings is 2. The van der Waals surface area contributed by atoms with Crippen LogP contribution in [0.3, 0.4) is 0 Å². The zero-order chi connectivity index (χ0) is 22.4. The van der Waals surface area contributed by atoms with Gasteiger partial charge in [0.15, 0.2) is 0 Å². The fourth-order valence-electron chi connectivity index (χ4n) is 3.30. The van der Waals surface area contributed by atoms with Crippen LogP contribution < -0.4 is 10.0 Å². The first-order chi connectivity index (χ1) is 14.8. The van der Waals surface area contributed by atoms with Crippen LogP contribution in [0.5, 0.6) is 0 Å². The van der Waals surface area contributed by atoms with Crippen molar-refractivity contribution in [3.8, 4) is 0 Å².